The second-order valence-corrected chi connectivity index (χ2v) is 11.0. The molecule has 3 aliphatic rings. The largest absolute Gasteiger partial charge is 0.392 e. The number of hydrogen-bond acceptors (Lipinski definition) is 7. The second-order valence-electron chi connectivity index (χ2n) is 11.0. The fraction of sp³-hybridized carbons (Fsp3) is 0.769. The molecule has 7 atom stereocenters. The molecule has 9 nitrogen and oxygen atoms in total. The van der Waals surface area contributed by atoms with Gasteiger partial charge >= 0.3 is 0 Å². The summed E-state index contributed by atoms with van der Waals surface area (Å²) in [7, 11) is 0. The molecule has 2 aliphatic carbocycles. The molecule has 2 heterocycles. The fourth-order valence-electron chi connectivity index (χ4n) is 6.68. The summed E-state index contributed by atoms with van der Waals surface area (Å²) in [6.07, 6.45) is 7.52. The van der Waals surface area contributed by atoms with Gasteiger partial charge in [-0.1, -0.05) is 20.8 Å². The van der Waals surface area contributed by atoms with E-state index in [1.54, 1.807) is 0 Å². The van der Waals surface area contributed by atoms with E-state index in [1.165, 1.54) is 18.7 Å². The molecule has 0 spiro atoms. The third-order valence-corrected chi connectivity index (χ3v) is 8.91. The normalized spacial score (nSPS) is 34.5. The lowest BCUT2D eigenvalue weighted by Crippen LogP contribution is -2.58. The Morgan fingerprint density at radius 3 is 2.63 bits per heavy atom. The lowest BCUT2D eigenvalue weighted by Gasteiger charge is -2.56. The lowest BCUT2D eigenvalue weighted by atomic mass is 9.51. The predicted octanol–water partition coefficient (Wildman–Crippen LogP) is 1.48. The molecule has 3 N–H and O–H groups in total. The second kappa shape index (κ2) is 11.3. The first-order valence-corrected chi connectivity index (χ1v) is 13.1. The zero-order valence-electron chi connectivity index (χ0n) is 21.3. The predicted molar refractivity (Wildman–Crippen MR) is 131 cm³/mol. The highest BCUT2D eigenvalue weighted by atomic mass is 16.5. The molecule has 1 aromatic heterocycles. The van der Waals surface area contributed by atoms with E-state index >= 15 is 0 Å². The van der Waals surface area contributed by atoms with Crippen molar-refractivity contribution in [2.75, 3.05) is 39.4 Å². The van der Waals surface area contributed by atoms with Crippen LogP contribution >= 0.6 is 0 Å². The van der Waals surface area contributed by atoms with Crippen LogP contribution in [0.15, 0.2) is 18.7 Å². The molecular formula is C26H41N5O4. The molecule has 3 fully saturated rings. The summed E-state index contributed by atoms with van der Waals surface area (Å²) < 4.78 is 5.38. The monoisotopic (exact) mass is 487 g/mol. The summed E-state index contributed by atoms with van der Waals surface area (Å²) in [5.41, 5.74) is 0.455. The Morgan fingerprint density at radius 2 is 1.91 bits per heavy atom. The summed E-state index contributed by atoms with van der Waals surface area (Å²) in [4.78, 5) is 35.9. The van der Waals surface area contributed by atoms with Gasteiger partial charge in [0, 0.05) is 50.5 Å². The van der Waals surface area contributed by atoms with Crippen molar-refractivity contribution >= 4 is 11.8 Å². The van der Waals surface area contributed by atoms with Crippen LogP contribution in [0.1, 0.15) is 56.8 Å². The Morgan fingerprint density at radius 1 is 1.23 bits per heavy atom. The number of aliphatic hydroxyl groups is 1. The quantitative estimate of drug-likeness (QED) is 0.533. The van der Waals surface area contributed by atoms with E-state index in [2.05, 4.69) is 39.3 Å². The molecule has 1 aliphatic heterocycles. The molecule has 9 heteroatoms. The van der Waals surface area contributed by atoms with E-state index in [4.69, 9.17) is 4.74 Å². The van der Waals surface area contributed by atoms with Crippen molar-refractivity contribution in [2.24, 2.45) is 29.1 Å². The van der Waals surface area contributed by atoms with Gasteiger partial charge in [0.1, 0.15) is 6.33 Å². The number of rotatable bonds is 7. The molecule has 1 saturated heterocycles. The van der Waals surface area contributed by atoms with Crippen LogP contribution in [-0.4, -0.2) is 83.3 Å². The lowest BCUT2D eigenvalue weighted by molar-refractivity contribution is -0.142. The summed E-state index contributed by atoms with van der Waals surface area (Å²) >= 11 is 0. The number of nitrogens with zero attached hydrogens (tertiary/aromatic N) is 3. The maximum Gasteiger partial charge on any atom is 0.254 e. The first-order chi connectivity index (χ1) is 16.8. The van der Waals surface area contributed by atoms with Gasteiger partial charge in [-0.25, -0.2) is 9.97 Å². The highest BCUT2D eigenvalue weighted by Gasteiger charge is 2.53. The van der Waals surface area contributed by atoms with Gasteiger partial charge in [-0.05, 0) is 48.9 Å². The van der Waals surface area contributed by atoms with Gasteiger partial charge in [0.15, 0.2) is 0 Å². The number of ether oxygens (including phenoxy) is 1. The maximum atomic E-state index is 13.0. The van der Waals surface area contributed by atoms with Crippen molar-refractivity contribution in [3.63, 3.8) is 0 Å². The number of fused-ring (bicyclic) bond motifs is 1. The number of hydrogen-bond donors (Lipinski definition) is 3. The molecule has 194 valence electrons. The molecule has 1 aromatic rings. The van der Waals surface area contributed by atoms with E-state index < -0.39 is 6.10 Å². The van der Waals surface area contributed by atoms with Crippen molar-refractivity contribution in [3.05, 3.63) is 24.3 Å². The van der Waals surface area contributed by atoms with Crippen LogP contribution in [-0.2, 0) is 9.53 Å². The Kier molecular flexibility index (Phi) is 8.39. The van der Waals surface area contributed by atoms with Crippen LogP contribution in [0.5, 0.6) is 0 Å². The third kappa shape index (κ3) is 5.84. The van der Waals surface area contributed by atoms with E-state index in [0.29, 0.717) is 12.1 Å². The third-order valence-electron chi connectivity index (χ3n) is 8.91. The zero-order valence-corrected chi connectivity index (χ0v) is 21.3. The number of carbonyl (C=O) groups is 2. The highest BCUT2D eigenvalue weighted by molar-refractivity contribution is 5.93. The van der Waals surface area contributed by atoms with Crippen molar-refractivity contribution in [2.45, 2.75) is 58.6 Å². The molecule has 0 aromatic carbocycles. The molecule has 2 amide bonds. The van der Waals surface area contributed by atoms with Gasteiger partial charge < -0.3 is 20.5 Å². The molecule has 2 saturated carbocycles. The van der Waals surface area contributed by atoms with Gasteiger partial charge in [0.25, 0.3) is 5.91 Å². The number of carbonyl (C=O) groups excluding carboxylic acids is 2. The number of morpholine rings is 1. The van der Waals surface area contributed by atoms with E-state index in [0.717, 1.165) is 58.5 Å². The van der Waals surface area contributed by atoms with Crippen LogP contribution < -0.4 is 10.6 Å². The summed E-state index contributed by atoms with van der Waals surface area (Å²) in [6.45, 7) is 11.1. The van der Waals surface area contributed by atoms with Crippen LogP contribution in [0.25, 0.3) is 0 Å². The van der Waals surface area contributed by atoms with Crippen LogP contribution in [0.2, 0.25) is 0 Å². The molecule has 35 heavy (non-hydrogen) atoms. The summed E-state index contributed by atoms with van der Waals surface area (Å²) in [5.74, 6) is -0.393. The molecule has 0 bridgehead atoms. The number of aromatic nitrogens is 2. The summed E-state index contributed by atoms with van der Waals surface area (Å²) in [5, 5.41) is 17.8. The molecule has 0 radical (unpaired) electrons. The Balaban J connectivity index is 1.36. The minimum atomic E-state index is -0.580. The van der Waals surface area contributed by atoms with E-state index in [1.807, 2.05) is 6.92 Å². The van der Waals surface area contributed by atoms with Crippen LogP contribution in [0.3, 0.4) is 0 Å². The van der Waals surface area contributed by atoms with Crippen molar-refractivity contribution in [3.8, 4) is 0 Å². The SMILES string of the molecule is C[C@H]1[C@@H]2[C@@H](O)[C@H]([C@H](C)C(=O)NCCN3CCOCC3)CC[C@@]2(C)CC[C@@H]1NC(=O)c1cncnc1. The van der Waals surface area contributed by atoms with Crippen molar-refractivity contribution < 1.29 is 19.4 Å². The fourth-order valence-corrected chi connectivity index (χ4v) is 6.68. The first-order valence-electron chi connectivity index (χ1n) is 13.1. The van der Waals surface area contributed by atoms with Gasteiger partial charge in [-0.2, -0.15) is 0 Å². The molecule has 0 unspecified atom stereocenters. The average Bonchev–Trinajstić information content (AvgIpc) is 2.86. The zero-order chi connectivity index (χ0) is 25.0. The van der Waals surface area contributed by atoms with E-state index in [9.17, 15) is 14.7 Å². The number of nitrogens with one attached hydrogen (secondary N) is 2. The van der Waals surface area contributed by atoms with Crippen molar-refractivity contribution in [1.29, 1.82) is 0 Å². The van der Waals surface area contributed by atoms with Gasteiger partial charge in [-0.3, -0.25) is 14.5 Å². The highest BCUT2D eigenvalue weighted by Crippen LogP contribution is 2.55. The van der Waals surface area contributed by atoms with Crippen molar-refractivity contribution in [1.82, 2.24) is 25.5 Å². The summed E-state index contributed by atoms with van der Waals surface area (Å²) in [6, 6.07) is -0.0353. The van der Waals surface area contributed by atoms with E-state index in [-0.39, 0.29) is 46.9 Å². The van der Waals surface area contributed by atoms with Gasteiger partial charge in [0.05, 0.1) is 24.9 Å². The number of aliphatic hydroxyl groups excluding tert-OH is 1. The Bertz CT molecular complexity index is 865. The average molecular weight is 488 g/mol. The van der Waals surface area contributed by atoms with Crippen LogP contribution in [0.4, 0.5) is 0 Å². The molecule has 4 rings (SSSR count). The maximum absolute atomic E-state index is 13.0. The standard InChI is InChI=1S/C26H41N5O4/c1-17(24(33)29-8-9-31-10-12-35-13-11-31)20-4-6-26(3)7-5-21(18(2)22(26)23(20)32)30-25(34)19-14-27-16-28-15-19/h14-18,20-23,32H,4-13H2,1-3H3,(H,29,33)(H,30,34)/t17-,18+,20-,21-,22+,23-,26-/m0/s1. The minimum absolute atomic E-state index is 0.0128. The number of amides is 2. The molecular weight excluding hydrogens is 446 g/mol. The first kappa shape index (κ1) is 26.0. The van der Waals surface area contributed by atoms with Gasteiger partial charge in [-0.15, -0.1) is 0 Å². The Labute approximate surface area is 208 Å². The van der Waals surface area contributed by atoms with Crippen LogP contribution in [0, 0.1) is 29.1 Å². The topological polar surface area (TPSA) is 117 Å². The van der Waals surface area contributed by atoms with Gasteiger partial charge in [0.2, 0.25) is 5.91 Å². The smallest absolute Gasteiger partial charge is 0.254 e. The Hall–Kier alpha value is -2.10. The minimum Gasteiger partial charge on any atom is -0.392 e.